The molecule has 1 atom stereocenters. The highest BCUT2D eigenvalue weighted by molar-refractivity contribution is 7.94. The third kappa shape index (κ3) is 3.34. The summed E-state index contributed by atoms with van der Waals surface area (Å²) in [6.45, 7) is 0.361. The highest BCUT2D eigenvalue weighted by atomic mass is 35.5. The maximum Gasteiger partial charge on any atom is 0.220 e. The molecule has 116 valence electrons. The molecule has 0 fully saturated rings. The van der Waals surface area contributed by atoms with Gasteiger partial charge in [0.2, 0.25) is 5.91 Å². The molecule has 3 rings (SSSR count). The SMILES string of the molecule is O=C(CC1C=CS(=O)(=O)C1)NCc1sc2ccccc2c1Cl. The predicted octanol–water partition coefficient (Wildman–Crippen LogP) is 3.12. The topological polar surface area (TPSA) is 63.2 Å². The van der Waals surface area contributed by atoms with Crippen LogP contribution >= 0.6 is 22.9 Å². The zero-order valence-corrected chi connectivity index (χ0v) is 14.0. The van der Waals surface area contributed by atoms with Crippen molar-refractivity contribution in [1.82, 2.24) is 5.32 Å². The van der Waals surface area contributed by atoms with Crippen LogP contribution in [0.2, 0.25) is 5.02 Å². The average Bonchev–Trinajstić information content (AvgIpc) is 2.97. The van der Waals surface area contributed by atoms with Gasteiger partial charge >= 0.3 is 0 Å². The van der Waals surface area contributed by atoms with Crippen LogP contribution in [0.3, 0.4) is 0 Å². The Morgan fingerprint density at radius 3 is 2.82 bits per heavy atom. The van der Waals surface area contributed by atoms with Crippen LogP contribution in [0.15, 0.2) is 35.7 Å². The fraction of sp³-hybridized carbons (Fsp3) is 0.267. The molecule has 4 nitrogen and oxygen atoms in total. The lowest BCUT2D eigenvalue weighted by Crippen LogP contribution is -2.25. The molecule has 0 aliphatic carbocycles. The molecule has 0 spiro atoms. The lowest BCUT2D eigenvalue weighted by atomic mass is 10.1. The van der Waals surface area contributed by atoms with E-state index in [1.807, 2.05) is 24.3 Å². The van der Waals surface area contributed by atoms with Crippen LogP contribution in [-0.2, 0) is 21.2 Å². The Morgan fingerprint density at radius 2 is 2.14 bits per heavy atom. The van der Waals surface area contributed by atoms with E-state index >= 15 is 0 Å². The van der Waals surface area contributed by atoms with Crippen LogP contribution in [0.5, 0.6) is 0 Å². The number of carbonyl (C=O) groups excluding carboxylic acids is 1. The summed E-state index contributed by atoms with van der Waals surface area (Å²) in [7, 11) is -3.11. The van der Waals surface area contributed by atoms with E-state index in [4.69, 9.17) is 11.6 Å². The molecule has 1 unspecified atom stereocenters. The van der Waals surface area contributed by atoms with Crippen LogP contribution in [0.4, 0.5) is 0 Å². The van der Waals surface area contributed by atoms with Crippen LogP contribution in [0.25, 0.3) is 10.1 Å². The van der Waals surface area contributed by atoms with E-state index in [0.29, 0.717) is 11.6 Å². The molecule has 0 saturated carbocycles. The van der Waals surface area contributed by atoms with Crippen LogP contribution in [-0.4, -0.2) is 20.1 Å². The van der Waals surface area contributed by atoms with E-state index < -0.39 is 9.84 Å². The minimum absolute atomic E-state index is 0.0179. The number of allylic oxidation sites excluding steroid dienone is 1. The molecule has 1 aliphatic rings. The number of hydrogen-bond acceptors (Lipinski definition) is 4. The molecule has 0 bridgehead atoms. The second kappa shape index (κ2) is 6.02. The van der Waals surface area contributed by atoms with Crippen molar-refractivity contribution in [3.63, 3.8) is 0 Å². The number of sulfone groups is 1. The molecule has 1 aromatic heterocycles. The van der Waals surface area contributed by atoms with Crippen LogP contribution < -0.4 is 5.32 Å². The molecule has 1 aliphatic heterocycles. The Kier molecular flexibility index (Phi) is 4.25. The van der Waals surface area contributed by atoms with Crippen molar-refractivity contribution < 1.29 is 13.2 Å². The number of rotatable bonds is 4. The Balaban J connectivity index is 1.61. The zero-order chi connectivity index (χ0) is 15.7. The second-order valence-corrected chi connectivity index (χ2v) is 8.68. The van der Waals surface area contributed by atoms with Crippen molar-refractivity contribution in [2.24, 2.45) is 5.92 Å². The van der Waals surface area contributed by atoms with Crippen molar-refractivity contribution >= 4 is 48.8 Å². The lowest BCUT2D eigenvalue weighted by Gasteiger charge is -2.07. The number of amides is 1. The number of halogens is 1. The zero-order valence-electron chi connectivity index (χ0n) is 11.6. The van der Waals surface area contributed by atoms with Gasteiger partial charge < -0.3 is 5.32 Å². The third-order valence-electron chi connectivity index (χ3n) is 3.50. The molecule has 1 aromatic carbocycles. The Labute approximate surface area is 137 Å². The van der Waals surface area contributed by atoms with Gasteiger partial charge in [-0.15, -0.1) is 11.3 Å². The summed E-state index contributed by atoms with van der Waals surface area (Å²) in [6, 6.07) is 7.82. The van der Waals surface area contributed by atoms with Crippen LogP contribution in [0, 0.1) is 5.92 Å². The quantitative estimate of drug-likeness (QED) is 0.916. The van der Waals surface area contributed by atoms with E-state index in [2.05, 4.69) is 5.32 Å². The molecular weight excluding hydrogens is 342 g/mol. The highest BCUT2D eigenvalue weighted by Crippen LogP contribution is 2.35. The monoisotopic (exact) mass is 355 g/mol. The summed E-state index contributed by atoms with van der Waals surface area (Å²) in [5.41, 5.74) is 0. The van der Waals surface area contributed by atoms with Crippen molar-refractivity contribution in [3.05, 3.63) is 45.6 Å². The minimum Gasteiger partial charge on any atom is -0.351 e. The van der Waals surface area contributed by atoms with Gasteiger partial charge in [0.05, 0.1) is 17.3 Å². The summed E-state index contributed by atoms with van der Waals surface area (Å²) in [5, 5.41) is 5.66. The fourth-order valence-corrected chi connectivity index (χ4v) is 5.27. The van der Waals surface area contributed by atoms with Gasteiger partial charge in [0.25, 0.3) is 0 Å². The lowest BCUT2D eigenvalue weighted by molar-refractivity contribution is -0.121. The first-order valence-electron chi connectivity index (χ1n) is 6.78. The van der Waals surface area contributed by atoms with Crippen molar-refractivity contribution in [1.29, 1.82) is 0 Å². The Morgan fingerprint density at radius 1 is 1.36 bits per heavy atom. The standard InChI is InChI=1S/C15H14ClNO3S2/c16-15-11-3-1-2-4-12(11)21-13(15)8-17-14(18)7-10-5-6-22(19,20)9-10/h1-6,10H,7-9H2,(H,17,18). The summed E-state index contributed by atoms with van der Waals surface area (Å²) in [5.74, 6) is -0.382. The van der Waals surface area contributed by atoms with E-state index in [-0.39, 0.29) is 24.0 Å². The van der Waals surface area contributed by atoms with Crippen molar-refractivity contribution in [2.45, 2.75) is 13.0 Å². The van der Waals surface area contributed by atoms with Gasteiger partial charge in [-0.1, -0.05) is 35.9 Å². The molecule has 7 heteroatoms. The predicted molar refractivity (Wildman–Crippen MR) is 89.7 cm³/mol. The maximum absolute atomic E-state index is 11.9. The van der Waals surface area contributed by atoms with Crippen molar-refractivity contribution in [2.75, 3.05) is 5.75 Å². The summed E-state index contributed by atoms with van der Waals surface area (Å²) < 4.78 is 23.7. The van der Waals surface area contributed by atoms with E-state index in [9.17, 15) is 13.2 Å². The van der Waals surface area contributed by atoms with E-state index in [1.54, 1.807) is 17.4 Å². The number of nitrogens with one attached hydrogen (secondary N) is 1. The second-order valence-electron chi connectivity index (χ2n) is 5.23. The first-order chi connectivity index (χ1) is 10.4. The summed E-state index contributed by atoms with van der Waals surface area (Å²) in [6.07, 6.45) is 1.76. The van der Waals surface area contributed by atoms with Gasteiger partial charge in [0.1, 0.15) is 0 Å². The smallest absolute Gasteiger partial charge is 0.220 e. The number of fused-ring (bicyclic) bond motifs is 1. The van der Waals surface area contributed by atoms with Gasteiger partial charge in [-0.2, -0.15) is 0 Å². The molecule has 2 aromatic rings. The third-order valence-corrected chi connectivity index (χ3v) is 6.68. The number of benzene rings is 1. The van der Waals surface area contributed by atoms with E-state index in [1.165, 1.54) is 5.41 Å². The highest BCUT2D eigenvalue weighted by Gasteiger charge is 2.23. The van der Waals surface area contributed by atoms with E-state index in [0.717, 1.165) is 15.0 Å². The maximum atomic E-state index is 11.9. The first-order valence-corrected chi connectivity index (χ1v) is 9.69. The number of hydrogen-bond donors (Lipinski definition) is 1. The first kappa shape index (κ1) is 15.5. The van der Waals surface area contributed by atoms with Gasteiger partial charge in [-0.05, 0) is 6.07 Å². The Hall–Kier alpha value is -1.37. The number of carbonyl (C=O) groups is 1. The molecule has 22 heavy (non-hydrogen) atoms. The molecule has 0 saturated heterocycles. The molecule has 2 heterocycles. The fourth-order valence-electron chi connectivity index (χ4n) is 2.43. The van der Waals surface area contributed by atoms with Gasteiger partial charge in [-0.25, -0.2) is 8.42 Å². The molecule has 1 N–H and O–H groups in total. The van der Waals surface area contributed by atoms with Gasteiger partial charge in [0.15, 0.2) is 9.84 Å². The summed E-state index contributed by atoms with van der Waals surface area (Å²) in [4.78, 5) is 12.8. The van der Waals surface area contributed by atoms with Crippen molar-refractivity contribution in [3.8, 4) is 0 Å². The molecule has 0 radical (unpaired) electrons. The number of thiophene rings is 1. The van der Waals surface area contributed by atoms with Crippen LogP contribution in [0.1, 0.15) is 11.3 Å². The largest absolute Gasteiger partial charge is 0.351 e. The summed E-state index contributed by atoms with van der Waals surface area (Å²) >= 11 is 7.87. The van der Waals surface area contributed by atoms with Gasteiger partial charge in [-0.3, -0.25) is 4.79 Å². The molecular formula is C15H14ClNO3S2. The van der Waals surface area contributed by atoms with Gasteiger partial charge in [0, 0.05) is 32.7 Å². The Bertz CT molecular complexity index is 855. The molecule has 1 amide bonds. The minimum atomic E-state index is -3.11. The average molecular weight is 356 g/mol. The normalized spacial score (nSPS) is 19.6.